The van der Waals surface area contributed by atoms with Crippen LogP contribution in [0.3, 0.4) is 0 Å². The minimum absolute atomic E-state index is 0.0285. The molecule has 0 spiro atoms. The Labute approximate surface area is 140 Å². The second kappa shape index (κ2) is 8.24. The first-order valence-corrected chi connectivity index (χ1v) is 7.83. The van der Waals surface area contributed by atoms with E-state index in [9.17, 15) is 14.0 Å². The first kappa shape index (κ1) is 17.7. The fourth-order valence-corrected chi connectivity index (χ4v) is 2.41. The van der Waals surface area contributed by atoms with Gasteiger partial charge in [0.05, 0.1) is 17.3 Å². The second-order valence-corrected chi connectivity index (χ2v) is 5.39. The van der Waals surface area contributed by atoms with Crippen molar-refractivity contribution in [2.75, 3.05) is 6.54 Å². The van der Waals surface area contributed by atoms with Crippen LogP contribution in [-0.2, 0) is 11.8 Å². The standard InChI is InChI=1S/C17H21FN4O2/c1-3-14(15-8-11-20-22(15)2)21-16(23)9-10-19-17(24)12-6-4-5-7-13(12)18/h4-8,11,14H,3,9-10H2,1-2H3,(H,19,24)(H,21,23)/t14-/m1/s1. The molecule has 1 aromatic heterocycles. The molecule has 0 aliphatic heterocycles. The van der Waals surface area contributed by atoms with Gasteiger partial charge in [-0.05, 0) is 24.6 Å². The van der Waals surface area contributed by atoms with Gasteiger partial charge in [0.25, 0.3) is 5.91 Å². The number of carbonyl (C=O) groups is 2. The topological polar surface area (TPSA) is 76.0 Å². The Balaban J connectivity index is 1.82. The highest BCUT2D eigenvalue weighted by atomic mass is 19.1. The molecule has 7 heteroatoms. The maximum atomic E-state index is 13.5. The van der Waals surface area contributed by atoms with Gasteiger partial charge in [-0.3, -0.25) is 14.3 Å². The van der Waals surface area contributed by atoms with Crippen LogP contribution in [0.4, 0.5) is 4.39 Å². The molecule has 0 fully saturated rings. The monoisotopic (exact) mass is 332 g/mol. The lowest BCUT2D eigenvalue weighted by Gasteiger charge is -2.17. The Morgan fingerprint density at radius 2 is 2.04 bits per heavy atom. The van der Waals surface area contributed by atoms with E-state index in [1.165, 1.54) is 18.2 Å². The third-order valence-electron chi connectivity index (χ3n) is 3.72. The molecule has 2 aromatic rings. The summed E-state index contributed by atoms with van der Waals surface area (Å²) in [6.45, 7) is 2.11. The van der Waals surface area contributed by atoms with E-state index >= 15 is 0 Å². The Kier molecular flexibility index (Phi) is 6.06. The van der Waals surface area contributed by atoms with E-state index < -0.39 is 11.7 Å². The lowest BCUT2D eigenvalue weighted by molar-refractivity contribution is -0.121. The molecule has 1 heterocycles. The van der Waals surface area contributed by atoms with Crippen molar-refractivity contribution in [3.63, 3.8) is 0 Å². The summed E-state index contributed by atoms with van der Waals surface area (Å²) in [4.78, 5) is 23.9. The van der Waals surface area contributed by atoms with Crippen LogP contribution in [0.25, 0.3) is 0 Å². The molecule has 128 valence electrons. The van der Waals surface area contributed by atoms with E-state index in [0.717, 1.165) is 12.1 Å². The summed E-state index contributed by atoms with van der Waals surface area (Å²) in [5.74, 6) is -1.29. The van der Waals surface area contributed by atoms with Gasteiger partial charge in [-0.1, -0.05) is 19.1 Å². The average Bonchev–Trinajstić information content (AvgIpc) is 2.99. The maximum Gasteiger partial charge on any atom is 0.254 e. The molecule has 0 saturated heterocycles. The van der Waals surface area contributed by atoms with E-state index in [1.54, 1.807) is 16.9 Å². The lowest BCUT2D eigenvalue weighted by Crippen LogP contribution is -2.33. The Morgan fingerprint density at radius 1 is 1.29 bits per heavy atom. The molecule has 0 aliphatic carbocycles. The number of halogens is 1. The third-order valence-corrected chi connectivity index (χ3v) is 3.72. The molecule has 2 rings (SSSR count). The highest BCUT2D eigenvalue weighted by Crippen LogP contribution is 2.15. The molecule has 0 aliphatic rings. The molecule has 0 bridgehead atoms. The minimum atomic E-state index is -0.582. The Bertz CT molecular complexity index is 714. The number of rotatable bonds is 7. The zero-order valence-electron chi connectivity index (χ0n) is 13.8. The zero-order valence-corrected chi connectivity index (χ0v) is 13.8. The van der Waals surface area contributed by atoms with E-state index in [2.05, 4.69) is 15.7 Å². The van der Waals surface area contributed by atoms with E-state index in [0.29, 0.717) is 0 Å². The van der Waals surface area contributed by atoms with Crippen molar-refractivity contribution in [2.24, 2.45) is 7.05 Å². The van der Waals surface area contributed by atoms with Crippen LogP contribution in [0.2, 0.25) is 0 Å². The van der Waals surface area contributed by atoms with Gasteiger partial charge in [-0.25, -0.2) is 4.39 Å². The molecule has 0 unspecified atom stereocenters. The van der Waals surface area contributed by atoms with E-state index in [4.69, 9.17) is 0 Å². The van der Waals surface area contributed by atoms with Crippen LogP contribution >= 0.6 is 0 Å². The number of amides is 2. The van der Waals surface area contributed by atoms with Gasteiger partial charge >= 0.3 is 0 Å². The summed E-state index contributed by atoms with van der Waals surface area (Å²) in [5.41, 5.74) is 0.889. The van der Waals surface area contributed by atoms with E-state index in [1.807, 2.05) is 20.0 Å². The SMILES string of the molecule is CC[C@@H](NC(=O)CCNC(=O)c1ccccc1F)c1ccnn1C. The van der Waals surface area contributed by atoms with Crippen molar-refractivity contribution >= 4 is 11.8 Å². The van der Waals surface area contributed by atoms with Gasteiger partial charge in [0.2, 0.25) is 5.91 Å². The molecular formula is C17H21FN4O2. The number of benzene rings is 1. The predicted octanol–water partition coefficient (Wildman–Crippen LogP) is 1.95. The predicted molar refractivity (Wildman–Crippen MR) is 87.7 cm³/mol. The molecule has 24 heavy (non-hydrogen) atoms. The molecule has 1 atom stereocenters. The Hall–Kier alpha value is -2.70. The largest absolute Gasteiger partial charge is 0.351 e. The zero-order chi connectivity index (χ0) is 17.5. The van der Waals surface area contributed by atoms with Gasteiger partial charge in [-0.2, -0.15) is 5.10 Å². The van der Waals surface area contributed by atoms with Crippen LogP contribution in [0, 0.1) is 5.82 Å². The normalized spacial score (nSPS) is 11.8. The van der Waals surface area contributed by atoms with Gasteiger partial charge in [-0.15, -0.1) is 0 Å². The third kappa shape index (κ3) is 4.41. The smallest absolute Gasteiger partial charge is 0.254 e. The highest BCUT2D eigenvalue weighted by Gasteiger charge is 2.16. The fraction of sp³-hybridized carbons (Fsp3) is 0.353. The molecule has 2 amide bonds. The summed E-state index contributed by atoms with van der Waals surface area (Å²) < 4.78 is 15.2. The van der Waals surface area contributed by atoms with Crippen LogP contribution in [0.15, 0.2) is 36.5 Å². The van der Waals surface area contributed by atoms with Gasteiger partial charge < -0.3 is 10.6 Å². The number of aryl methyl sites for hydroxylation is 1. The molecule has 0 radical (unpaired) electrons. The van der Waals surface area contributed by atoms with E-state index in [-0.39, 0.29) is 30.5 Å². The van der Waals surface area contributed by atoms with Crippen LogP contribution in [0.1, 0.15) is 41.9 Å². The molecule has 6 nitrogen and oxygen atoms in total. The molecule has 0 saturated carbocycles. The molecule has 1 aromatic carbocycles. The van der Waals surface area contributed by atoms with Crippen molar-refractivity contribution in [3.05, 3.63) is 53.6 Å². The van der Waals surface area contributed by atoms with Crippen LogP contribution in [0.5, 0.6) is 0 Å². The van der Waals surface area contributed by atoms with Crippen LogP contribution < -0.4 is 10.6 Å². The minimum Gasteiger partial charge on any atom is -0.351 e. The van der Waals surface area contributed by atoms with Crippen molar-refractivity contribution in [1.29, 1.82) is 0 Å². The van der Waals surface area contributed by atoms with Crippen molar-refractivity contribution in [2.45, 2.75) is 25.8 Å². The Morgan fingerprint density at radius 3 is 2.67 bits per heavy atom. The first-order chi connectivity index (χ1) is 11.5. The maximum absolute atomic E-state index is 13.5. The summed E-state index contributed by atoms with van der Waals surface area (Å²) >= 11 is 0. The number of hydrogen-bond acceptors (Lipinski definition) is 3. The van der Waals surface area contributed by atoms with Crippen molar-refractivity contribution < 1.29 is 14.0 Å². The quantitative estimate of drug-likeness (QED) is 0.814. The number of carbonyl (C=O) groups excluding carboxylic acids is 2. The fourth-order valence-electron chi connectivity index (χ4n) is 2.41. The summed E-state index contributed by atoms with van der Waals surface area (Å²) in [6.07, 6.45) is 2.53. The number of nitrogens with zero attached hydrogens (tertiary/aromatic N) is 2. The van der Waals surface area contributed by atoms with Crippen molar-refractivity contribution in [3.8, 4) is 0 Å². The molecular weight excluding hydrogens is 311 g/mol. The number of nitrogens with one attached hydrogen (secondary N) is 2. The lowest BCUT2D eigenvalue weighted by atomic mass is 10.1. The summed E-state index contributed by atoms with van der Waals surface area (Å²) in [5, 5.41) is 9.55. The second-order valence-electron chi connectivity index (χ2n) is 5.39. The first-order valence-electron chi connectivity index (χ1n) is 7.83. The van der Waals surface area contributed by atoms with Gasteiger partial charge in [0.15, 0.2) is 0 Å². The molecule has 2 N–H and O–H groups in total. The van der Waals surface area contributed by atoms with Gasteiger partial charge in [0, 0.05) is 26.2 Å². The van der Waals surface area contributed by atoms with Gasteiger partial charge in [0.1, 0.15) is 5.82 Å². The van der Waals surface area contributed by atoms with Crippen LogP contribution in [-0.4, -0.2) is 28.1 Å². The highest BCUT2D eigenvalue weighted by molar-refractivity contribution is 5.94. The average molecular weight is 332 g/mol. The number of aromatic nitrogens is 2. The number of hydrogen-bond donors (Lipinski definition) is 2. The summed E-state index contributed by atoms with van der Waals surface area (Å²) in [7, 11) is 1.82. The summed E-state index contributed by atoms with van der Waals surface area (Å²) in [6, 6.07) is 7.45. The van der Waals surface area contributed by atoms with Crippen molar-refractivity contribution in [1.82, 2.24) is 20.4 Å².